The van der Waals surface area contributed by atoms with E-state index in [9.17, 15) is 9.59 Å². The molecule has 1 fully saturated rings. The van der Waals surface area contributed by atoms with Crippen LogP contribution in [0.2, 0.25) is 0 Å². The van der Waals surface area contributed by atoms with Gasteiger partial charge >= 0.3 is 0 Å². The van der Waals surface area contributed by atoms with Gasteiger partial charge < -0.3 is 20.1 Å². The predicted molar refractivity (Wildman–Crippen MR) is 121 cm³/mol. The lowest BCUT2D eigenvalue weighted by Gasteiger charge is -2.13. The summed E-state index contributed by atoms with van der Waals surface area (Å²) in [6.07, 6.45) is 5.52. The van der Waals surface area contributed by atoms with E-state index in [-0.39, 0.29) is 11.8 Å². The van der Waals surface area contributed by atoms with E-state index in [2.05, 4.69) is 15.6 Å². The van der Waals surface area contributed by atoms with E-state index in [4.69, 9.17) is 9.47 Å². The molecule has 3 aromatic rings. The first kappa shape index (κ1) is 21.4. The van der Waals surface area contributed by atoms with Crippen LogP contribution in [0.25, 0.3) is 0 Å². The second-order valence-electron chi connectivity index (χ2n) is 7.52. The molecule has 0 radical (unpaired) electrons. The average molecular weight is 431 g/mol. The molecule has 1 aliphatic rings. The second-order valence-corrected chi connectivity index (χ2v) is 7.52. The Hall–Kier alpha value is -3.87. The lowest BCUT2D eigenvalue weighted by molar-refractivity contribution is 0.0950. The number of rotatable bonds is 9. The minimum atomic E-state index is -0.278. The second kappa shape index (κ2) is 9.96. The number of benzene rings is 2. The van der Waals surface area contributed by atoms with Gasteiger partial charge in [0.2, 0.25) is 0 Å². The van der Waals surface area contributed by atoms with E-state index in [1.54, 1.807) is 54.9 Å². The number of ether oxygens (including phenoxy) is 2. The zero-order valence-corrected chi connectivity index (χ0v) is 17.8. The van der Waals surface area contributed by atoms with Gasteiger partial charge in [0, 0.05) is 40.8 Å². The number of anilines is 1. The Bertz CT molecular complexity index is 1080. The van der Waals surface area contributed by atoms with Crippen molar-refractivity contribution in [1.29, 1.82) is 0 Å². The molecule has 1 aliphatic carbocycles. The first-order valence-corrected chi connectivity index (χ1v) is 10.6. The highest BCUT2D eigenvalue weighted by molar-refractivity contribution is 6.05. The maximum absolute atomic E-state index is 12.7. The van der Waals surface area contributed by atoms with Crippen LogP contribution in [0.5, 0.6) is 11.5 Å². The smallest absolute Gasteiger partial charge is 0.255 e. The maximum atomic E-state index is 12.7. The van der Waals surface area contributed by atoms with Crippen molar-refractivity contribution >= 4 is 17.5 Å². The van der Waals surface area contributed by atoms with E-state index < -0.39 is 0 Å². The third kappa shape index (κ3) is 5.63. The summed E-state index contributed by atoms with van der Waals surface area (Å²) >= 11 is 0. The molecule has 0 aliphatic heterocycles. The molecule has 164 valence electrons. The van der Waals surface area contributed by atoms with Crippen molar-refractivity contribution in [3.63, 3.8) is 0 Å². The van der Waals surface area contributed by atoms with Crippen molar-refractivity contribution in [2.24, 2.45) is 0 Å². The summed E-state index contributed by atoms with van der Waals surface area (Å²) in [7, 11) is 0. The van der Waals surface area contributed by atoms with Gasteiger partial charge in [-0.2, -0.15) is 0 Å². The molecular formula is C25H25N3O4. The van der Waals surface area contributed by atoms with Crippen molar-refractivity contribution in [3.8, 4) is 11.5 Å². The number of amides is 2. The molecule has 0 saturated heterocycles. The number of hydrogen-bond donors (Lipinski definition) is 2. The third-order valence-corrected chi connectivity index (χ3v) is 4.94. The number of hydrogen-bond acceptors (Lipinski definition) is 5. The zero-order valence-electron chi connectivity index (χ0n) is 17.8. The number of nitrogens with zero attached hydrogens (tertiary/aromatic N) is 1. The zero-order chi connectivity index (χ0) is 22.3. The Morgan fingerprint density at radius 2 is 1.75 bits per heavy atom. The van der Waals surface area contributed by atoms with Gasteiger partial charge in [-0.25, -0.2) is 0 Å². The largest absolute Gasteiger partial charge is 0.490 e. The van der Waals surface area contributed by atoms with Gasteiger partial charge in [0.25, 0.3) is 11.8 Å². The van der Waals surface area contributed by atoms with Gasteiger partial charge in [0.15, 0.2) is 11.5 Å². The monoisotopic (exact) mass is 431 g/mol. The quantitative estimate of drug-likeness (QED) is 0.530. The van der Waals surface area contributed by atoms with E-state index in [0.717, 1.165) is 18.4 Å². The summed E-state index contributed by atoms with van der Waals surface area (Å²) in [6, 6.07) is 16.0. The summed E-state index contributed by atoms with van der Waals surface area (Å²) in [4.78, 5) is 28.9. The molecule has 2 aromatic carbocycles. The molecule has 2 amide bonds. The Morgan fingerprint density at radius 1 is 0.969 bits per heavy atom. The molecule has 7 nitrogen and oxygen atoms in total. The fraction of sp³-hybridized carbons (Fsp3) is 0.240. The van der Waals surface area contributed by atoms with E-state index in [1.807, 2.05) is 19.1 Å². The first-order chi connectivity index (χ1) is 15.6. The van der Waals surface area contributed by atoms with Gasteiger partial charge in [0.1, 0.15) is 6.61 Å². The third-order valence-electron chi connectivity index (χ3n) is 4.94. The summed E-state index contributed by atoms with van der Waals surface area (Å²) < 4.78 is 11.5. The molecule has 0 unspecified atom stereocenters. The van der Waals surface area contributed by atoms with Crippen LogP contribution in [0.1, 0.15) is 46.0 Å². The molecular weight excluding hydrogens is 406 g/mol. The normalized spacial score (nSPS) is 12.7. The fourth-order valence-electron chi connectivity index (χ4n) is 3.09. The van der Waals surface area contributed by atoms with Gasteiger partial charge in [-0.15, -0.1) is 0 Å². The molecule has 1 saturated carbocycles. The van der Waals surface area contributed by atoms with Crippen LogP contribution in [-0.4, -0.2) is 29.4 Å². The summed E-state index contributed by atoms with van der Waals surface area (Å²) in [5.41, 5.74) is 2.56. The fourth-order valence-corrected chi connectivity index (χ4v) is 3.09. The maximum Gasteiger partial charge on any atom is 0.255 e. The number of aromatic nitrogens is 1. The number of carbonyl (C=O) groups is 2. The average Bonchev–Trinajstić information content (AvgIpc) is 3.63. The Morgan fingerprint density at radius 3 is 2.44 bits per heavy atom. The van der Waals surface area contributed by atoms with Crippen molar-refractivity contribution in [2.45, 2.75) is 32.4 Å². The van der Waals surface area contributed by atoms with Crippen LogP contribution in [-0.2, 0) is 6.61 Å². The molecule has 0 bridgehead atoms. The van der Waals surface area contributed by atoms with Crippen LogP contribution >= 0.6 is 0 Å². The van der Waals surface area contributed by atoms with E-state index in [0.29, 0.717) is 47.6 Å². The standard InChI is InChI=1S/C25H25N3O4/c1-2-31-23-14-19(7-12-22(23)32-16-17-4-3-13-26-15-17)25(30)28-20-8-5-18(6-9-20)24(29)27-21-10-11-21/h3-9,12-15,21H,2,10-11,16H2,1H3,(H,27,29)(H,28,30). The molecule has 0 atom stereocenters. The van der Waals surface area contributed by atoms with Crippen molar-refractivity contribution < 1.29 is 19.1 Å². The molecule has 0 spiro atoms. The lowest BCUT2D eigenvalue weighted by atomic mass is 10.1. The van der Waals surface area contributed by atoms with Crippen LogP contribution in [0.15, 0.2) is 67.0 Å². The van der Waals surface area contributed by atoms with Gasteiger partial charge in [-0.05, 0) is 68.3 Å². The molecule has 7 heteroatoms. The highest BCUT2D eigenvalue weighted by Gasteiger charge is 2.23. The molecule has 1 aromatic heterocycles. The Labute approximate surface area is 186 Å². The molecule has 32 heavy (non-hydrogen) atoms. The van der Waals surface area contributed by atoms with Crippen molar-refractivity contribution in [2.75, 3.05) is 11.9 Å². The van der Waals surface area contributed by atoms with Crippen LogP contribution < -0.4 is 20.1 Å². The molecule has 4 rings (SSSR count). The molecule has 2 N–H and O–H groups in total. The SMILES string of the molecule is CCOc1cc(C(=O)Nc2ccc(C(=O)NC3CC3)cc2)ccc1OCc1cccnc1. The first-order valence-electron chi connectivity index (χ1n) is 10.6. The Kier molecular flexibility index (Phi) is 6.65. The minimum absolute atomic E-state index is 0.0893. The number of carbonyl (C=O) groups excluding carboxylic acids is 2. The van der Waals surface area contributed by atoms with Crippen LogP contribution in [0.3, 0.4) is 0 Å². The van der Waals surface area contributed by atoms with Crippen molar-refractivity contribution in [3.05, 3.63) is 83.7 Å². The lowest BCUT2D eigenvalue weighted by Crippen LogP contribution is -2.25. The number of nitrogens with one attached hydrogen (secondary N) is 2. The molecule has 1 heterocycles. The van der Waals surface area contributed by atoms with Gasteiger partial charge in [0.05, 0.1) is 6.61 Å². The Balaban J connectivity index is 1.41. The number of pyridine rings is 1. The predicted octanol–water partition coefficient (Wildman–Crippen LogP) is 4.20. The summed E-state index contributed by atoms with van der Waals surface area (Å²) in [5, 5.41) is 5.79. The summed E-state index contributed by atoms with van der Waals surface area (Å²) in [5.74, 6) is 0.683. The van der Waals surface area contributed by atoms with Crippen LogP contribution in [0.4, 0.5) is 5.69 Å². The topological polar surface area (TPSA) is 89.5 Å². The van der Waals surface area contributed by atoms with Gasteiger partial charge in [-0.1, -0.05) is 6.07 Å². The highest BCUT2D eigenvalue weighted by Crippen LogP contribution is 2.29. The van der Waals surface area contributed by atoms with Crippen LogP contribution in [0, 0.1) is 0 Å². The summed E-state index contributed by atoms with van der Waals surface area (Å²) in [6.45, 7) is 2.66. The minimum Gasteiger partial charge on any atom is -0.490 e. The van der Waals surface area contributed by atoms with E-state index in [1.165, 1.54) is 0 Å². The highest BCUT2D eigenvalue weighted by atomic mass is 16.5. The van der Waals surface area contributed by atoms with Crippen molar-refractivity contribution in [1.82, 2.24) is 10.3 Å². The van der Waals surface area contributed by atoms with Gasteiger partial charge in [-0.3, -0.25) is 14.6 Å². The van der Waals surface area contributed by atoms with E-state index >= 15 is 0 Å².